The lowest BCUT2D eigenvalue weighted by atomic mass is 10.1. The molecule has 0 saturated heterocycles. The highest BCUT2D eigenvalue weighted by atomic mass is 79.9. The van der Waals surface area contributed by atoms with Gasteiger partial charge in [0.25, 0.3) is 11.6 Å². The maximum absolute atomic E-state index is 12.3. The SMILES string of the molecule is C=CC(=O)Nc1ccc(C(=O)Nc2cccc(Br)c2)c([N+](=O)[O-])c1. The largest absolute Gasteiger partial charge is 0.322 e. The number of nitro groups is 1. The van der Waals surface area contributed by atoms with E-state index in [1.807, 2.05) is 0 Å². The van der Waals surface area contributed by atoms with Crippen LogP contribution >= 0.6 is 15.9 Å². The number of nitrogens with one attached hydrogen (secondary N) is 2. The van der Waals surface area contributed by atoms with E-state index >= 15 is 0 Å². The van der Waals surface area contributed by atoms with Gasteiger partial charge in [-0.3, -0.25) is 19.7 Å². The molecule has 0 aliphatic rings. The molecule has 122 valence electrons. The summed E-state index contributed by atoms with van der Waals surface area (Å²) in [5.74, 6) is -1.13. The smallest absolute Gasteiger partial charge is 0.284 e. The van der Waals surface area contributed by atoms with Gasteiger partial charge in [0, 0.05) is 21.9 Å². The van der Waals surface area contributed by atoms with Gasteiger partial charge in [-0.1, -0.05) is 28.6 Å². The molecule has 0 atom stereocenters. The van der Waals surface area contributed by atoms with E-state index in [9.17, 15) is 19.7 Å². The third kappa shape index (κ3) is 4.26. The Morgan fingerprint density at radius 3 is 2.46 bits per heavy atom. The van der Waals surface area contributed by atoms with Crippen molar-refractivity contribution in [1.29, 1.82) is 0 Å². The monoisotopic (exact) mass is 389 g/mol. The Morgan fingerprint density at radius 2 is 1.83 bits per heavy atom. The first-order valence-electron chi connectivity index (χ1n) is 6.69. The van der Waals surface area contributed by atoms with Crippen LogP contribution in [0, 0.1) is 10.1 Å². The van der Waals surface area contributed by atoms with Crippen LogP contribution in [0.5, 0.6) is 0 Å². The number of benzene rings is 2. The summed E-state index contributed by atoms with van der Waals surface area (Å²) in [5.41, 5.74) is 0.166. The Labute approximate surface area is 145 Å². The molecule has 0 bridgehead atoms. The number of carbonyl (C=O) groups excluding carboxylic acids is 2. The number of rotatable bonds is 5. The summed E-state index contributed by atoms with van der Waals surface area (Å²) in [6.45, 7) is 3.30. The average molecular weight is 390 g/mol. The first-order chi connectivity index (χ1) is 11.4. The lowest BCUT2D eigenvalue weighted by molar-refractivity contribution is -0.385. The Balaban J connectivity index is 2.31. The highest BCUT2D eigenvalue weighted by molar-refractivity contribution is 9.10. The second kappa shape index (κ2) is 7.51. The fourth-order valence-corrected chi connectivity index (χ4v) is 2.31. The quantitative estimate of drug-likeness (QED) is 0.461. The normalized spacial score (nSPS) is 9.88. The van der Waals surface area contributed by atoms with Gasteiger partial charge in [-0.2, -0.15) is 0 Å². The molecule has 0 heterocycles. The Morgan fingerprint density at radius 1 is 1.12 bits per heavy atom. The number of amides is 2. The molecule has 0 spiro atoms. The molecule has 0 aromatic heterocycles. The highest BCUT2D eigenvalue weighted by Gasteiger charge is 2.21. The van der Waals surface area contributed by atoms with E-state index in [1.165, 1.54) is 12.1 Å². The van der Waals surface area contributed by atoms with Crippen molar-refractivity contribution in [2.45, 2.75) is 0 Å². The minimum absolute atomic E-state index is 0.114. The maximum Gasteiger partial charge on any atom is 0.284 e. The summed E-state index contributed by atoms with van der Waals surface area (Å²) in [7, 11) is 0. The number of carbonyl (C=O) groups is 2. The standard InChI is InChI=1S/C16H12BrN3O4/c1-2-15(21)18-12-6-7-13(14(9-12)20(23)24)16(22)19-11-5-3-4-10(17)8-11/h2-9H,1H2,(H,18,21)(H,19,22). The van der Waals surface area contributed by atoms with Crippen molar-refractivity contribution >= 4 is 44.8 Å². The first kappa shape index (κ1) is 17.4. The molecule has 0 unspecified atom stereocenters. The molecule has 0 fully saturated rings. The van der Waals surface area contributed by atoms with Crippen LogP contribution in [0.3, 0.4) is 0 Å². The Hall–Kier alpha value is -3.00. The van der Waals surface area contributed by atoms with Gasteiger partial charge in [0.2, 0.25) is 5.91 Å². The van der Waals surface area contributed by atoms with Gasteiger partial charge in [0.1, 0.15) is 5.56 Å². The van der Waals surface area contributed by atoms with Gasteiger partial charge in [-0.25, -0.2) is 0 Å². The van der Waals surface area contributed by atoms with Crippen LogP contribution in [0.25, 0.3) is 0 Å². The van der Waals surface area contributed by atoms with Crippen molar-refractivity contribution in [3.05, 3.63) is 75.3 Å². The number of hydrogen-bond acceptors (Lipinski definition) is 4. The zero-order chi connectivity index (χ0) is 17.7. The molecule has 2 aromatic carbocycles. The predicted octanol–water partition coefficient (Wildman–Crippen LogP) is 3.73. The zero-order valence-corrected chi connectivity index (χ0v) is 13.9. The molecule has 0 aliphatic carbocycles. The van der Waals surface area contributed by atoms with Gasteiger partial charge in [-0.05, 0) is 36.4 Å². The van der Waals surface area contributed by atoms with Gasteiger partial charge in [-0.15, -0.1) is 0 Å². The van der Waals surface area contributed by atoms with E-state index in [2.05, 4.69) is 33.1 Å². The van der Waals surface area contributed by atoms with Crippen LogP contribution in [-0.2, 0) is 4.79 Å². The summed E-state index contributed by atoms with van der Waals surface area (Å²) < 4.78 is 0.761. The van der Waals surface area contributed by atoms with Crippen LogP contribution in [0.1, 0.15) is 10.4 Å². The molecule has 7 nitrogen and oxygen atoms in total. The van der Waals surface area contributed by atoms with Gasteiger partial charge in [0.05, 0.1) is 4.92 Å². The van der Waals surface area contributed by atoms with E-state index in [0.717, 1.165) is 16.6 Å². The third-order valence-corrected chi connectivity index (χ3v) is 3.47. The van der Waals surface area contributed by atoms with Crippen LogP contribution in [0.2, 0.25) is 0 Å². The number of nitro benzene ring substituents is 1. The number of anilines is 2. The fourth-order valence-electron chi connectivity index (χ4n) is 1.91. The van der Waals surface area contributed by atoms with E-state index in [-0.39, 0.29) is 11.3 Å². The van der Waals surface area contributed by atoms with E-state index in [4.69, 9.17) is 0 Å². The number of halogens is 1. The van der Waals surface area contributed by atoms with Crippen LogP contribution < -0.4 is 10.6 Å². The van der Waals surface area contributed by atoms with Crippen molar-refractivity contribution in [3.8, 4) is 0 Å². The summed E-state index contributed by atoms with van der Waals surface area (Å²) in [5, 5.41) is 16.2. The van der Waals surface area contributed by atoms with Gasteiger partial charge < -0.3 is 10.6 Å². The average Bonchev–Trinajstić information content (AvgIpc) is 2.54. The topological polar surface area (TPSA) is 101 Å². The minimum Gasteiger partial charge on any atom is -0.322 e. The molecule has 0 saturated carbocycles. The zero-order valence-electron chi connectivity index (χ0n) is 12.3. The Kier molecular flexibility index (Phi) is 5.43. The lowest BCUT2D eigenvalue weighted by Gasteiger charge is -2.08. The molecule has 2 rings (SSSR count). The van der Waals surface area contributed by atoms with Crippen LogP contribution in [0.4, 0.5) is 17.1 Å². The predicted molar refractivity (Wildman–Crippen MR) is 94.0 cm³/mol. The minimum atomic E-state index is -0.681. The first-order valence-corrected chi connectivity index (χ1v) is 7.49. The molecule has 24 heavy (non-hydrogen) atoms. The molecule has 2 amide bonds. The summed E-state index contributed by atoms with van der Waals surface area (Å²) >= 11 is 3.28. The van der Waals surface area contributed by atoms with Crippen molar-refractivity contribution in [2.24, 2.45) is 0 Å². The lowest BCUT2D eigenvalue weighted by Crippen LogP contribution is -2.15. The fraction of sp³-hybridized carbons (Fsp3) is 0. The molecule has 0 radical (unpaired) electrons. The summed E-state index contributed by atoms with van der Waals surface area (Å²) in [4.78, 5) is 34.1. The van der Waals surface area contributed by atoms with E-state index < -0.39 is 22.4 Å². The maximum atomic E-state index is 12.3. The van der Waals surface area contributed by atoms with Gasteiger partial charge >= 0.3 is 0 Å². The molecular formula is C16H12BrN3O4. The molecule has 0 aliphatic heterocycles. The summed E-state index contributed by atoms with van der Waals surface area (Å²) in [6.07, 6.45) is 1.04. The van der Waals surface area contributed by atoms with Gasteiger partial charge in [0.15, 0.2) is 0 Å². The number of hydrogen-bond donors (Lipinski definition) is 2. The number of nitrogens with zero attached hydrogens (tertiary/aromatic N) is 1. The Bertz CT molecular complexity index is 836. The third-order valence-electron chi connectivity index (χ3n) is 2.97. The molecular weight excluding hydrogens is 378 g/mol. The molecule has 2 aromatic rings. The van der Waals surface area contributed by atoms with Crippen LogP contribution in [-0.4, -0.2) is 16.7 Å². The van der Waals surface area contributed by atoms with E-state index in [1.54, 1.807) is 24.3 Å². The van der Waals surface area contributed by atoms with Crippen molar-refractivity contribution < 1.29 is 14.5 Å². The second-order valence-electron chi connectivity index (χ2n) is 4.65. The molecule has 8 heteroatoms. The highest BCUT2D eigenvalue weighted by Crippen LogP contribution is 2.25. The summed E-state index contributed by atoms with van der Waals surface area (Å²) in [6, 6.07) is 10.7. The van der Waals surface area contributed by atoms with Crippen molar-refractivity contribution in [3.63, 3.8) is 0 Å². The molecule has 2 N–H and O–H groups in total. The second-order valence-corrected chi connectivity index (χ2v) is 5.56. The van der Waals surface area contributed by atoms with Crippen molar-refractivity contribution in [2.75, 3.05) is 10.6 Å². The van der Waals surface area contributed by atoms with Crippen LogP contribution in [0.15, 0.2) is 59.6 Å². The van der Waals surface area contributed by atoms with Crippen molar-refractivity contribution in [1.82, 2.24) is 0 Å². The van der Waals surface area contributed by atoms with E-state index in [0.29, 0.717) is 5.69 Å².